The summed E-state index contributed by atoms with van der Waals surface area (Å²) in [4.78, 5) is 21.5. The predicted octanol–water partition coefficient (Wildman–Crippen LogP) is 1.33. The van der Waals surface area contributed by atoms with Gasteiger partial charge in [-0.05, 0) is 18.1 Å². The Morgan fingerprint density at radius 2 is 1.94 bits per heavy atom. The van der Waals surface area contributed by atoms with E-state index >= 15 is 0 Å². The highest BCUT2D eigenvalue weighted by Gasteiger charge is 2.07. The first-order valence-electron chi connectivity index (χ1n) is 4.84. The molecule has 4 nitrogen and oxygen atoms in total. The summed E-state index contributed by atoms with van der Waals surface area (Å²) >= 11 is 0. The molecule has 0 unspecified atom stereocenters. The zero-order valence-electron chi connectivity index (χ0n) is 8.93. The van der Waals surface area contributed by atoms with Crippen LogP contribution in [-0.2, 0) is 16.0 Å². The number of benzene rings is 1. The van der Waals surface area contributed by atoms with Gasteiger partial charge in [-0.25, -0.2) is 4.79 Å². The minimum Gasteiger partial charge on any atom is -0.477 e. The van der Waals surface area contributed by atoms with Crippen molar-refractivity contribution in [3.63, 3.8) is 0 Å². The van der Waals surface area contributed by atoms with Crippen LogP contribution in [0.25, 0.3) is 0 Å². The van der Waals surface area contributed by atoms with Crippen LogP contribution in [-0.4, -0.2) is 17.0 Å². The molecule has 0 spiro atoms. The summed E-state index contributed by atoms with van der Waals surface area (Å²) < 4.78 is 0. The summed E-state index contributed by atoms with van der Waals surface area (Å²) in [7, 11) is 0. The second kappa shape index (κ2) is 5.70. The normalized spacial score (nSPS) is 10.9. The molecule has 0 radical (unpaired) electrons. The van der Waals surface area contributed by atoms with E-state index in [2.05, 4.69) is 5.32 Å². The first-order chi connectivity index (χ1) is 7.59. The number of hydrogen-bond acceptors (Lipinski definition) is 2. The van der Waals surface area contributed by atoms with E-state index in [1.54, 1.807) is 0 Å². The van der Waals surface area contributed by atoms with E-state index < -0.39 is 5.97 Å². The van der Waals surface area contributed by atoms with Crippen molar-refractivity contribution in [2.24, 2.45) is 0 Å². The van der Waals surface area contributed by atoms with Gasteiger partial charge in [0.25, 0.3) is 0 Å². The van der Waals surface area contributed by atoms with Gasteiger partial charge in [-0.3, -0.25) is 4.79 Å². The maximum Gasteiger partial charge on any atom is 0.352 e. The molecule has 0 aromatic heterocycles. The smallest absolute Gasteiger partial charge is 0.352 e. The largest absolute Gasteiger partial charge is 0.477 e. The summed E-state index contributed by atoms with van der Waals surface area (Å²) in [6, 6.07) is 9.43. The second-order valence-corrected chi connectivity index (χ2v) is 3.29. The molecular weight excluding hydrogens is 206 g/mol. The summed E-state index contributed by atoms with van der Waals surface area (Å²) in [5.74, 6) is -1.52. The van der Waals surface area contributed by atoms with Crippen molar-refractivity contribution in [3.05, 3.63) is 47.7 Å². The van der Waals surface area contributed by atoms with Gasteiger partial charge in [0.05, 0.1) is 0 Å². The number of carbonyl (C=O) groups is 2. The van der Waals surface area contributed by atoms with E-state index in [4.69, 9.17) is 5.11 Å². The van der Waals surface area contributed by atoms with Gasteiger partial charge in [-0.2, -0.15) is 0 Å². The lowest BCUT2D eigenvalue weighted by atomic mass is 10.1. The Morgan fingerprint density at radius 3 is 2.44 bits per heavy atom. The molecule has 0 aliphatic carbocycles. The second-order valence-electron chi connectivity index (χ2n) is 3.29. The van der Waals surface area contributed by atoms with Gasteiger partial charge < -0.3 is 10.4 Å². The Labute approximate surface area is 93.6 Å². The van der Waals surface area contributed by atoms with E-state index in [9.17, 15) is 9.59 Å². The lowest BCUT2D eigenvalue weighted by molar-refractivity contribution is -0.134. The molecule has 4 heteroatoms. The van der Waals surface area contributed by atoms with Crippen molar-refractivity contribution < 1.29 is 14.7 Å². The number of amides is 1. The number of carboxylic acid groups (broad SMARTS) is 1. The Hall–Kier alpha value is -2.10. The van der Waals surface area contributed by atoms with E-state index in [0.29, 0.717) is 6.42 Å². The third kappa shape index (κ3) is 3.96. The average molecular weight is 219 g/mol. The van der Waals surface area contributed by atoms with Gasteiger partial charge in [-0.1, -0.05) is 30.3 Å². The van der Waals surface area contributed by atoms with Gasteiger partial charge in [-0.15, -0.1) is 0 Å². The van der Waals surface area contributed by atoms with Crippen LogP contribution in [0.3, 0.4) is 0 Å². The van der Waals surface area contributed by atoms with Gasteiger partial charge >= 0.3 is 5.97 Å². The Kier molecular flexibility index (Phi) is 4.27. The van der Waals surface area contributed by atoms with Crippen LogP contribution < -0.4 is 5.32 Å². The summed E-state index contributed by atoms with van der Waals surface area (Å²) in [6.07, 6.45) is 1.96. The molecule has 2 N–H and O–H groups in total. The van der Waals surface area contributed by atoms with Crippen molar-refractivity contribution in [1.82, 2.24) is 5.32 Å². The quantitative estimate of drug-likeness (QED) is 0.751. The minimum atomic E-state index is -1.13. The van der Waals surface area contributed by atoms with Crippen molar-refractivity contribution in [2.75, 3.05) is 0 Å². The van der Waals surface area contributed by atoms with E-state index in [-0.39, 0.29) is 11.6 Å². The van der Waals surface area contributed by atoms with Crippen LogP contribution in [0.2, 0.25) is 0 Å². The highest BCUT2D eigenvalue weighted by molar-refractivity contribution is 5.91. The van der Waals surface area contributed by atoms with Crippen LogP contribution in [0.1, 0.15) is 12.5 Å². The maximum atomic E-state index is 10.8. The molecule has 0 aliphatic rings. The zero-order valence-corrected chi connectivity index (χ0v) is 8.93. The fourth-order valence-corrected chi connectivity index (χ4v) is 1.22. The number of carbonyl (C=O) groups excluding carboxylic acids is 1. The SMILES string of the molecule is CC(=O)NC(=CCc1ccccc1)C(=O)O. The third-order valence-electron chi connectivity index (χ3n) is 1.93. The summed E-state index contributed by atoms with van der Waals surface area (Å²) in [5.41, 5.74) is 0.906. The van der Waals surface area contributed by atoms with Crippen LogP contribution in [0.5, 0.6) is 0 Å². The molecule has 1 rings (SSSR count). The average Bonchev–Trinajstić information content (AvgIpc) is 2.25. The maximum absolute atomic E-state index is 10.8. The molecule has 1 amide bonds. The predicted molar refractivity (Wildman–Crippen MR) is 59.7 cm³/mol. The molecule has 0 fully saturated rings. The summed E-state index contributed by atoms with van der Waals surface area (Å²) in [5, 5.41) is 11.1. The Morgan fingerprint density at radius 1 is 1.31 bits per heavy atom. The van der Waals surface area contributed by atoms with Crippen molar-refractivity contribution in [3.8, 4) is 0 Å². The third-order valence-corrected chi connectivity index (χ3v) is 1.93. The van der Waals surface area contributed by atoms with Gasteiger partial charge in [0.2, 0.25) is 5.91 Å². The first kappa shape index (κ1) is 12.0. The van der Waals surface area contributed by atoms with Gasteiger partial charge in [0.15, 0.2) is 0 Å². The van der Waals surface area contributed by atoms with Gasteiger partial charge in [0, 0.05) is 6.92 Å². The summed E-state index contributed by atoms with van der Waals surface area (Å²) in [6.45, 7) is 1.28. The Bertz CT molecular complexity index is 410. The molecule has 0 saturated heterocycles. The van der Waals surface area contributed by atoms with Crippen LogP contribution in [0.15, 0.2) is 42.1 Å². The van der Waals surface area contributed by atoms with E-state index in [1.807, 2.05) is 30.3 Å². The fourth-order valence-electron chi connectivity index (χ4n) is 1.22. The fraction of sp³-hybridized carbons (Fsp3) is 0.167. The zero-order chi connectivity index (χ0) is 12.0. The van der Waals surface area contributed by atoms with Gasteiger partial charge in [0.1, 0.15) is 5.70 Å². The highest BCUT2D eigenvalue weighted by Crippen LogP contribution is 2.02. The molecule has 16 heavy (non-hydrogen) atoms. The Balaban J connectivity index is 2.72. The molecule has 84 valence electrons. The number of hydrogen-bond donors (Lipinski definition) is 2. The molecule has 0 atom stereocenters. The van der Waals surface area contributed by atoms with Crippen LogP contribution in [0, 0.1) is 0 Å². The van der Waals surface area contributed by atoms with Crippen LogP contribution in [0.4, 0.5) is 0 Å². The molecule has 0 aliphatic heterocycles. The first-order valence-corrected chi connectivity index (χ1v) is 4.84. The lowest BCUT2D eigenvalue weighted by Crippen LogP contribution is -2.24. The molecule has 0 bridgehead atoms. The molecular formula is C12H13NO3. The van der Waals surface area contributed by atoms with Crippen molar-refractivity contribution >= 4 is 11.9 Å². The standard InChI is InChI=1S/C12H13NO3/c1-9(14)13-11(12(15)16)8-7-10-5-3-2-4-6-10/h2-6,8H,7H2,1H3,(H,13,14)(H,15,16). The molecule has 1 aromatic rings. The van der Waals surface area contributed by atoms with E-state index in [1.165, 1.54) is 13.0 Å². The molecule has 0 heterocycles. The topological polar surface area (TPSA) is 66.4 Å². The number of carboxylic acids is 1. The van der Waals surface area contributed by atoms with Crippen LogP contribution >= 0.6 is 0 Å². The highest BCUT2D eigenvalue weighted by atomic mass is 16.4. The minimum absolute atomic E-state index is 0.0867. The number of allylic oxidation sites excluding steroid dienone is 1. The number of rotatable bonds is 4. The number of nitrogens with one attached hydrogen (secondary N) is 1. The van der Waals surface area contributed by atoms with E-state index in [0.717, 1.165) is 5.56 Å². The lowest BCUT2D eigenvalue weighted by Gasteiger charge is -2.02. The van der Waals surface area contributed by atoms with Crippen molar-refractivity contribution in [2.45, 2.75) is 13.3 Å². The molecule has 0 saturated carbocycles. The van der Waals surface area contributed by atoms with Crippen molar-refractivity contribution in [1.29, 1.82) is 0 Å². The number of aliphatic carboxylic acids is 1. The monoisotopic (exact) mass is 219 g/mol. The molecule has 1 aromatic carbocycles.